The summed E-state index contributed by atoms with van der Waals surface area (Å²) >= 11 is 2.03. The Morgan fingerprint density at radius 2 is 0.891 bits per heavy atom. The zero-order valence-electron chi connectivity index (χ0n) is 51.1. The molecule has 4 aliphatic heterocycles. The number of hydrogen-bond acceptors (Lipinski definition) is 18. The van der Waals surface area contributed by atoms with Gasteiger partial charge >= 0.3 is 0 Å². The van der Waals surface area contributed by atoms with E-state index in [1.54, 1.807) is 89.1 Å². The minimum Gasteiger partial charge on any atom is -0.497 e. The number of fused-ring (bicyclic) bond motifs is 4. The van der Waals surface area contributed by atoms with E-state index in [9.17, 15) is 16.8 Å². The standard InChI is InChI=1S/2C35H34N4O5S2/c2*1-42-27-13-12-26(32(20-27)43-2)22-39(35-36-23-37-45-35)46(40,41)28-14-15-30-31(17-19-44-33(30)21-28)38-18-16-24-8-6-7-11-29(24)34(38)25-9-4-3-5-10-25/h2*3-15,20-21,23,31,34H,16-19,22H2,1-2H3/t31-,34+;31-,34-/m01/s1. The average molecular weight is 1310 g/mol. The number of rotatable bonds is 18. The summed E-state index contributed by atoms with van der Waals surface area (Å²) in [4.78, 5) is 13.9. The van der Waals surface area contributed by atoms with Gasteiger partial charge in [0.1, 0.15) is 47.2 Å². The molecule has 0 saturated carbocycles. The highest BCUT2D eigenvalue weighted by Gasteiger charge is 2.40. The van der Waals surface area contributed by atoms with Crippen LogP contribution in [0.4, 0.5) is 10.3 Å². The third-order valence-electron chi connectivity index (χ3n) is 17.6. The maximum Gasteiger partial charge on any atom is 0.266 e. The molecule has 4 atom stereocenters. The van der Waals surface area contributed by atoms with Crippen LogP contribution in [-0.2, 0) is 46.0 Å². The molecule has 0 bridgehead atoms. The fourth-order valence-corrected chi connectivity index (χ4v) is 17.5. The van der Waals surface area contributed by atoms with Crippen LogP contribution in [0, 0.1) is 0 Å². The van der Waals surface area contributed by atoms with Gasteiger partial charge in [0.2, 0.25) is 10.3 Å². The molecule has 14 rings (SSSR count). The van der Waals surface area contributed by atoms with Crippen molar-refractivity contribution in [2.45, 2.75) is 72.7 Å². The molecule has 18 nitrogen and oxygen atoms in total. The van der Waals surface area contributed by atoms with Gasteiger partial charge < -0.3 is 28.4 Å². The molecule has 0 saturated heterocycles. The first-order valence-corrected chi connectivity index (χ1v) is 34.7. The zero-order chi connectivity index (χ0) is 63.3. The molecule has 0 radical (unpaired) electrons. The monoisotopic (exact) mass is 1310 g/mol. The van der Waals surface area contributed by atoms with Crippen LogP contribution < -0.4 is 37.0 Å². The van der Waals surface area contributed by atoms with Gasteiger partial charge in [0.25, 0.3) is 20.0 Å². The Kier molecular flexibility index (Phi) is 18.3. The van der Waals surface area contributed by atoms with Crippen LogP contribution in [0.1, 0.15) is 92.6 Å². The quantitative estimate of drug-likeness (QED) is 0.0788. The number of anilines is 2. The third-order valence-corrected chi connectivity index (χ3v) is 22.6. The molecule has 0 aliphatic carbocycles. The van der Waals surface area contributed by atoms with Crippen LogP contribution in [0.3, 0.4) is 0 Å². The number of ether oxygens (including phenoxy) is 6. The van der Waals surface area contributed by atoms with E-state index in [1.165, 1.54) is 54.6 Å². The van der Waals surface area contributed by atoms with Gasteiger partial charge in [-0.15, -0.1) is 0 Å². The first kappa shape index (κ1) is 61.9. The predicted molar refractivity (Wildman–Crippen MR) is 355 cm³/mol. The molecule has 0 spiro atoms. The smallest absolute Gasteiger partial charge is 0.266 e. The lowest BCUT2D eigenvalue weighted by Crippen LogP contribution is -2.40. The topological polar surface area (TPSA) is 188 Å². The molecule has 0 fully saturated rings. The van der Waals surface area contributed by atoms with Crippen molar-refractivity contribution < 1.29 is 45.3 Å². The van der Waals surface area contributed by atoms with Crippen LogP contribution >= 0.6 is 23.1 Å². The van der Waals surface area contributed by atoms with Crippen molar-refractivity contribution in [2.75, 3.05) is 63.4 Å². The van der Waals surface area contributed by atoms with Gasteiger partial charge in [-0.05, 0) is 82.6 Å². The normalized spacial score (nSPS) is 17.8. The van der Waals surface area contributed by atoms with Gasteiger partial charge in [-0.25, -0.2) is 35.4 Å². The number of methoxy groups -OCH3 is 4. The fraction of sp³-hybridized carbons (Fsp3) is 0.257. The van der Waals surface area contributed by atoms with E-state index in [0.717, 1.165) is 73.0 Å². The third kappa shape index (κ3) is 12.4. The summed E-state index contributed by atoms with van der Waals surface area (Å²) in [5, 5.41) is 0.513. The van der Waals surface area contributed by atoms with Crippen molar-refractivity contribution in [1.82, 2.24) is 28.5 Å². The molecular formula is C70H68N8O10S4. The Hall–Kier alpha value is -8.90. The molecule has 4 aliphatic rings. The number of hydrogen-bond donors (Lipinski definition) is 0. The first-order valence-electron chi connectivity index (χ1n) is 30.3. The van der Waals surface area contributed by atoms with Gasteiger partial charge in [-0.2, -0.15) is 8.75 Å². The van der Waals surface area contributed by atoms with E-state index < -0.39 is 20.0 Å². The molecule has 6 heterocycles. The SMILES string of the molecule is COc1ccc(CN(c2ncns2)S(=O)(=O)c2ccc3c(c2)OCC[C@@H]3N2CCc3ccccc3[C@H]2c2ccccc2)c(OC)c1.COc1ccc(CN(c2ncns2)S(=O)(=O)c2ccc3c(c2)OCC[C@H]3N2CCc3ccccc3[C@H]2c2ccccc2)c(OC)c1. The molecule has 22 heteroatoms. The van der Waals surface area contributed by atoms with E-state index in [2.05, 4.69) is 126 Å². The lowest BCUT2D eigenvalue weighted by molar-refractivity contribution is 0.104. The summed E-state index contributed by atoms with van der Waals surface area (Å²) in [6.07, 6.45) is 6.22. The molecule has 0 N–H and O–H groups in total. The average Bonchev–Trinajstić information content (AvgIpc) is 0.870. The molecule has 2 aromatic heterocycles. The minimum atomic E-state index is -4.07. The second-order valence-electron chi connectivity index (χ2n) is 22.5. The zero-order valence-corrected chi connectivity index (χ0v) is 54.4. The van der Waals surface area contributed by atoms with Crippen molar-refractivity contribution in [3.05, 3.63) is 250 Å². The Morgan fingerprint density at radius 3 is 1.28 bits per heavy atom. The Balaban J connectivity index is 0.000000168. The Bertz CT molecular complexity index is 4150. The van der Waals surface area contributed by atoms with Crippen LogP contribution in [-0.4, -0.2) is 100 Å². The lowest BCUT2D eigenvalue weighted by atomic mass is 9.85. The summed E-state index contributed by atoms with van der Waals surface area (Å²) in [6.45, 7) is 2.74. The largest absolute Gasteiger partial charge is 0.497 e. The van der Waals surface area contributed by atoms with Crippen molar-refractivity contribution in [2.24, 2.45) is 0 Å². The van der Waals surface area contributed by atoms with Crippen LogP contribution in [0.25, 0.3) is 0 Å². The van der Waals surface area contributed by atoms with Gasteiger partial charge in [0.05, 0.1) is 76.6 Å². The highest BCUT2D eigenvalue weighted by Crippen LogP contribution is 2.48. The molecule has 8 aromatic carbocycles. The van der Waals surface area contributed by atoms with Crippen molar-refractivity contribution in [1.29, 1.82) is 0 Å². The van der Waals surface area contributed by atoms with Crippen molar-refractivity contribution in [3.8, 4) is 34.5 Å². The van der Waals surface area contributed by atoms with E-state index >= 15 is 0 Å². The molecular weight excluding hydrogens is 1240 g/mol. The van der Waals surface area contributed by atoms with Crippen LogP contribution in [0.15, 0.2) is 204 Å². The summed E-state index contributed by atoms with van der Waals surface area (Å²) in [7, 11) is -1.91. The van der Waals surface area contributed by atoms with E-state index in [4.69, 9.17) is 28.4 Å². The number of nitrogens with zero attached hydrogens (tertiary/aromatic N) is 8. The second-order valence-corrected chi connectivity index (χ2v) is 27.8. The number of benzene rings is 8. The Labute approximate surface area is 544 Å². The molecule has 92 heavy (non-hydrogen) atoms. The molecule has 0 unspecified atom stereocenters. The highest BCUT2D eigenvalue weighted by atomic mass is 32.2. The first-order chi connectivity index (χ1) is 44.9. The highest BCUT2D eigenvalue weighted by molar-refractivity contribution is 7.93. The fourth-order valence-electron chi connectivity index (χ4n) is 13.2. The van der Waals surface area contributed by atoms with Gasteiger partial charge in [-0.3, -0.25) is 9.80 Å². The lowest BCUT2D eigenvalue weighted by Gasteiger charge is -2.44. The van der Waals surface area contributed by atoms with E-state index in [1.807, 2.05) is 24.3 Å². The summed E-state index contributed by atoms with van der Waals surface area (Å²) in [6, 6.07) is 60.0. The van der Waals surface area contributed by atoms with Gasteiger partial charge in [-0.1, -0.05) is 121 Å². The molecule has 10 aromatic rings. The molecule has 472 valence electrons. The molecule has 0 amide bonds. The number of aromatic nitrogens is 4. The Morgan fingerprint density at radius 1 is 0.478 bits per heavy atom. The van der Waals surface area contributed by atoms with Crippen molar-refractivity contribution in [3.63, 3.8) is 0 Å². The predicted octanol–water partition coefficient (Wildman–Crippen LogP) is 12.8. The van der Waals surface area contributed by atoms with E-state index in [-0.39, 0.29) is 57.3 Å². The van der Waals surface area contributed by atoms with Gasteiger partial charge in [0, 0.05) is 108 Å². The van der Waals surface area contributed by atoms with Crippen LogP contribution in [0.2, 0.25) is 0 Å². The second kappa shape index (κ2) is 27.1. The maximum atomic E-state index is 14.3. The van der Waals surface area contributed by atoms with Crippen LogP contribution in [0.5, 0.6) is 34.5 Å². The maximum absolute atomic E-state index is 14.3. The number of sulfonamides is 2. The summed E-state index contributed by atoms with van der Waals surface area (Å²) in [5.74, 6) is 3.41. The summed E-state index contributed by atoms with van der Waals surface area (Å²) in [5.41, 5.74) is 11.1. The minimum absolute atomic E-state index is 0.00277. The van der Waals surface area contributed by atoms with Crippen molar-refractivity contribution >= 4 is 53.4 Å². The summed E-state index contributed by atoms with van der Waals surface area (Å²) < 4.78 is 102. The van der Waals surface area contributed by atoms with E-state index in [0.29, 0.717) is 58.8 Å². The van der Waals surface area contributed by atoms with Gasteiger partial charge in [0.15, 0.2) is 0 Å².